The minimum Gasteiger partial charge on any atom is -0.492 e. The zero-order valence-corrected chi connectivity index (χ0v) is 13.4. The Balaban J connectivity index is 1.67. The van der Waals surface area contributed by atoms with Gasteiger partial charge < -0.3 is 10.1 Å². The molecule has 0 aliphatic carbocycles. The summed E-state index contributed by atoms with van der Waals surface area (Å²) >= 11 is 0. The molecule has 0 spiro atoms. The first-order chi connectivity index (χ1) is 10.3. The molecule has 0 aromatic heterocycles. The van der Waals surface area contributed by atoms with Crippen LogP contribution in [0.15, 0.2) is 18.2 Å². The van der Waals surface area contributed by atoms with Crippen molar-refractivity contribution in [3.8, 4) is 5.75 Å². The lowest BCUT2D eigenvalue weighted by atomic mass is 9.99. The third-order valence-electron chi connectivity index (χ3n) is 4.86. The quantitative estimate of drug-likeness (QED) is 0.922. The van der Waals surface area contributed by atoms with Crippen molar-refractivity contribution in [2.75, 3.05) is 19.7 Å². The molecule has 2 aliphatic rings. The number of ether oxygens (including phenoxy) is 1. The second-order valence-corrected chi connectivity index (χ2v) is 6.61. The minimum atomic E-state index is 0.580. The topological polar surface area (TPSA) is 24.5 Å². The molecule has 1 fully saturated rings. The van der Waals surface area contributed by atoms with E-state index < -0.39 is 0 Å². The Bertz CT molecular complexity index is 472. The van der Waals surface area contributed by atoms with Crippen LogP contribution < -0.4 is 10.1 Å². The van der Waals surface area contributed by atoms with Crippen LogP contribution >= 0.6 is 0 Å². The number of fused-ring (bicyclic) bond motifs is 1. The predicted molar refractivity (Wildman–Crippen MR) is 86.8 cm³/mol. The summed E-state index contributed by atoms with van der Waals surface area (Å²) in [5.74, 6) is 1.11. The van der Waals surface area contributed by atoms with Crippen molar-refractivity contribution in [2.45, 2.75) is 58.2 Å². The molecule has 1 aromatic carbocycles. The van der Waals surface area contributed by atoms with Gasteiger partial charge in [0.15, 0.2) is 0 Å². The zero-order chi connectivity index (χ0) is 14.7. The Morgan fingerprint density at radius 1 is 1.33 bits per heavy atom. The Kier molecular flexibility index (Phi) is 4.81. The third kappa shape index (κ3) is 3.41. The molecule has 116 valence electrons. The first-order valence-electron chi connectivity index (χ1n) is 8.45. The standard InChI is InChI=1S/C18H28N2O/c1-14(2)20-11-4-3-7-16(20)13-21-18-8-5-6-15-12-19-10-9-17(15)18/h5-6,8,14,16,19H,3-4,7,9-13H2,1-2H3. The highest BCUT2D eigenvalue weighted by atomic mass is 16.5. The highest BCUT2D eigenvalue weighted by Gasteiger charge is 2.25. The molecule has 3 heteroatoms. The van der Waals surface area contributed by atoms with Gasteiger partial charge in [-0.15, -0.1) is 0 Å². The molecule has 0 radical (unpaired) electrons. The predicted octanol–water partition coefficient (Wildman–Crippen LogP) is 2.97. The van der Waals surface area contributed by atoms with Crippen molar-refractivity contribution in [1.29, 1.82) is 0 Å². The molecule has 0 amide bonds. The third-order valence-corrected chi connectivity index (χ3v) is 4.86. The van der Waals surface area contributed by atoms with Crippen LogP contribution in [-0.4, -0.2) is 36.7 Å². The summed E-state index contributed by atoms with van der Waals surface area (Å²) in [6.45, 7) is 8.70. The monoisotopic (exact) mass is 288 g/mol. The highest BCUT2D eigenvalue weighted by molar-refractivity contribution is 5.41. The van der Waals surface area contributed by atoms with Gasteiger partial charge >= 0.3 is 0 Å². The highest BCUT2D eigenvalue weighted by Crippen LogP contribution is 2.27. The number of likely N-dealkylation sites (tertiary alicyclic amines) is 1. The fourth-order valence-corrected chi connectivity index (χ4v) is 3.70. The minimum absolute atomic E-state index is 0.580. The number of hydrogen-bond acceptors (Lipinski definition) is 3. The number of nitrogens with zero attached hydrogens (tertiary/aromatic N) is 1. The summed E-state index contributed by atoms with van der Waals surface area (Å²) in [7, 11) is 0. The Morgan fingerprint density at radius 3 is 3.10 bits per heavy atom. The van der Waals surface area contributed by atoms with Gasteiger partial charge in [-0.1, -0.05) is 18.6 Å². The molecular weight excluding hydrogens is 260 g/mol. The van der Waals surface area contributed by atoms with Crippen LogP contribution in [0.1, 0.15) is 44.2 Å². The van der Waals surface area contributed by atoms with Gasteiger partial charge in [0.25, 0.3) is 0 Å². The fourth-order valence-electron chi connectivity index (χ4n) is 3.70. The van der Waals surface area contributed by atoms with Crippen molar-refractivity contribution >= 4 is 0 Å². The summed E-state index contributed by atoms with van der Waals surface area (Å²) in [5.41, 5.74) is 2.83. The largest absolute Gasteiger partial charge is 0.492 e. The molecule has 1 saturated heterocycles. The summed E-state index contributed by atoms with van der Waals surface area (Å²) < 4.78 is 6.25. The molecule has 2 aliphatic heterocycles. The van der Waals surface area contributed by atoms with E-state index in [1.165, 1.54) is 36.9 Å². The van der Waals surface area contributed by atoms with Crippen molar-refractivity contribution in [1.82, 2.24) is 10.2 Å². The van der Waals surface area contributed by atoms with Crippen LogP contribution in [0.5, 0.6) is 5.75 Å². The average Bonchev–Trinajstić information content (AvgIpc) is 2.53. The SMILES string of the molecule is CC(C)N1CCCCC1COc1cccc2c1CCNC2. The first kappa shape index (κ1) is 14.9. The lowest BCUT2D eigenvalue weighted by Crippen LogP contribution is -2.46. The van der Waals surface area contributed by atoms with E-state index in [4.69, 9.17) is 4.74 Å². The van der Waals surface area contributed by atoms with Gasteiger partial charge in [0, 0.05) is 18.6 Å². The second-order valence-electron chi connectivity index (χ2n) is 6.61. The van der Waals surface area contributed by atoms with Crippen LogP contribution in [0.2, 0.25) is 0 Å². The second kappa shape index (κ2) is 6.80. The Labute approximate surface area is 128 Å². The normalized spacial score (nSPS) is 23.1. The molecular formula is C18H28N2O. The summed E-state index contributed by atoms with van der Waals surface area (Å²) in [5, 5.41) is 3.43. The molecule has 1 atom stereocenters. The van der Waals surface area contributed by atoms with Crippen LogP contribution in [0.4, 0.5) is 0 Å². The van der Waals surface area contributed by atoms with E-state index in [1.54, 1.807) is 0 Å². The van der Waals surface area contributed by atoms with E-state index in [2.05, 4.69) is 42.3 Å². The zero-order valence-electron chi connectivity index (χ0n) is 13.4. The maximum Gasteiger partial charge on any atom is 0.122 e. The molecule has 1 N–H and O–H groups in total. The first-order valence-corrected chi connectivity index (χ1v) is 8.45. The number of benzene rings is 1. The van der Waals surface area contributed by atoms with Gasteiger partial charge in [-0.25, -0.2) is 0 Å². The van der Waals surface area contributed by atoms with E-state index in [0.717, 1.165) is 31.9 Å². The van der Waals surface area contributed by atoms with E-state index in [9.17, 15) is 0 Å². The van der Waals surface area contributed by atoms with Crippen LogP contribution in [0.25, 0.3) is 0 Å². The number of nitrogens with one attached hydrogen (secondary N) is 1. The maximum atomic E-state index is 6.25. The van der Waals surface area contributed by atoms with Gasteiger partial charge in [0.1, 0.15) is 12.4 Å². The van der Waals surface area contributed by atoms with Gasteiger partial charge in [-0.05, 0) is 63.4 Å². The van der Waals surface area contributed by atoms with E-state index in [-0.39, 0.29) is 0 Å². The Hall–Kier alpha value is -1.06. The van der Waals surface area contributed by atoms with Gasteiger partial charge in [-0.2, -0.15) is 0 Å². The molecule has 0 bridgehead atoms. The van der Waals surface area contributed by atoms with Gasteiger partial charge in [-0.3, -0.25) is 4.90 Å². The molecule has 0 saturated carbocycles. The molecule has 21 heavy (non-hydrogen) atoms. The molecule has 1 unspecified atom stereocenters. The lowest BCUT2D eigenvalue weighted by molar-refractivity contribution is 0.0729. The van der Waals surface area contributed by atoms with E-state index in [0.29, 0.717) is 12.1 Å². The van der Waals surface area contributed by atoms with Crippen LogP contribution in [-0.2, 0) is 13.0 Å². The maximum absolute atomic E-state index is 6.25. The van der Waals surface area contributed by atoms with Crippen molar-refractivity contribution in [3.05, 3.63) is 29.3 Å². The Morgan fingerprint density at radius 2 is 2.24 bits per heavy atom. The van der Waals surface area contributed by atoms with Crippen molar-refractivity contribution in [2.24, 2.45) is 0 Å². The van der Waals surface area contributed by atoms with Crippen molar-refractivity contribution in [3.63, 3.8) is 0 Å². The number of rotatable bonds is 4. The van der Waals surface area contributed by atoms with Crippen LogP contribution in [0.3, 0.4) is 0 Å². The van der Waals surface area contributed by atoms with Gasteiger partial charge in [0.05, 0.1) is 0 Å². The number of piperidine rings is 1. The summed E-state index contributed by atoms with van der Waals surface area (Å²) in [6, 6.07) is 7.69. The average molecular weight is 288 g/mol. The van der Waals surface area contributed by atoms with E-state index in [1.807, 2.05) is 0 Å². The van der Waals surface area contributed by atoms with Gasteiger partial charge in [0.2, 0.25) is 0 Å². The number of hydrogen-bond donors (Lipinski definition) is 1. The smallest absolute Gasteiger partial charge is 0.122 e. The lowest BCUT2D eigenvalue weighted by Gasteiger charge is -2.38. The van der Waals surface area contributed by atoms with E-state index >= 15 is 0 Å². The van der Waals surface area contributed by atoms with Crippen LogP contribution in [0, 0.1) is 0 Å². The summed E-state index contributed by atoms with van der Waals surface area (Å²) in [6.07, 6.45) is 5.04. The van der Waals surface area contributed by atoms with Crippen molar-refractivity contribution < 1.29 is 4.74 Å². The molecule has 2 heterocycles. The summed E-state index contributed by atoms with van der Waals surface area (Å²) in [4.78, 5) is 2.61. The fraction of sp³-hybridized carbons (Fsp3) is 0.667. The molecule has 1 aromatic rings. The molecule has 3 rings (SSSR count). The molecule has 3 nitrogen and oxygen atoms in total.